The van der Waals surface area contributed by atoms with Gasteiger partial charge in [0.05, 0.1) is 18.7 Å². The molecule has 144 valence electrons. The van der Waals surface area contributed by atoms with Crippen molar-refractivity contribution in [3.63, 3.8) is 0 Å². The zero-order valence-corrected chi connectivity index (χ0v) is 15.7. The molecule has 0 fully saturated rings. The molecule has 0 atom stereocenters. The Hall–Kier alpha value is -3.54. The second kappa shape index (κ2) is 9.41. The number of ether oxygens (including phenoxy) is 1. The lowest BCUT2D eigenvalue weighted by molar-refractivity contribution is 0.0526. The molecule has 0 radical (unpaired) electrons. The van der Waals surface area contributed by atoms with E-state index in [-0.39, 0.29) is 12.0 Å². The van der Waals surface area contributed by atoms with Gasteiger partial charge in [0.15, 0.2) is 0 Å². The molecule has 0 spiro atoms. The molecule has 0 unspecified atom stereocenters. The van der Waals surface area contributed by atoms with E-state index < -0.39 is 0 Å². The fourth-order valence-corrected chi connectivity index (χ4v) is 2.79. The van der Waals surface area contributed by atoms with E-state index in [0.29, 0.717) is 24.4 Å². The Morgan fingerprint density at radius 3 is 2.43 bits per heavy atom. The molecule has 0 aliphatic heterocycles. The number of anilines is 1. The summed E-state index contributed by atoms with van der Waals surface area (Å²) in [6.07, 6.45) is 2.00. The molecule has 2 N–H and O–H groups in total. The van der Waals surface area contributed by atoms with Crippen molar-refractivity contribution in [2.75, 3.05) is 11.9 Å². The summed E-state index contributed by atoms with van der Waals surface area (Å²) in [6.45, 7) is 3.25. The van der Waals surface area contributed by atoms with Gasteiger partial charge < -0.3 is 19.9 Å². The molecule has 0 saturated carbocycles. The van der Waals surface area contributed by atoms with Crippen LogP contribution >= 0.6 is 0 Å². The summed E-state index contributed by atoms with van der Waals surface area (Å²) < 4.78 is 7.04. The van der Waals surface area contributed by atoms with Crippen LogP contribution in [-0.4, -0.2) is 23.2 Å². The smallest absolute Gasteiger partial charge is 0.338 e. The third-order valence-electron chi connectivity index (χ3n) is 4.20. The molecule has 0 saturated heterocycles. The molecule has 1 heterocycles. The van der Waals surface area contributed by atoms with Crippen LogP contribution in [0, 0.1) is 0 Å². The van der Waals surface area contributed by atoms with Gasteiger partial charge in [-0.25, -0.2) is 9.59 Å². The molecular weight excluding hydrogens is 354 g/mol. The molecular formula is C22H23N3O3. The summed E-state index contributed by atoms with van der Waals surface area (Å²) in [5.74, 6) is -0.377. The van der Waals surface area contributed by atoms with E-state index in [1.54, 1.807) is 31.2 Å². The number of nitrogens with zero attached hydrogens (tertiary/aromatic N) is 1. The number of benzene rings is 2. The fourth-order valence-electron chi connectivity index (χ4n) is 2.79. The van der Waals surface area contributed by atoms with Gasteiger partial charge in [0, 0.05) is 24.1 Å². The highest BCUT2D eigenvalue weighted by Gasteiger charge is 2.08. The van der Waals surface area contributed by atoms with Crippen molar-refractivity contribution < 1.29 is 14.3 Å². The number of hydrogen-bond donors (Lipinski definition) is 2. The van der Waals surface area contributed by atoms with Crippen molar-refractivity contribution in [1.82, 2.24) is 9.88 Å². The predicted molar refractivity (Wildman–Crippen MR) is 108 cm³/mol. The number of carbonyl (C=O) groups excluding carboxylic acids is 2. The summed E-state index contributed by atoms with van der Waals surface area (Å²) in [5, 5.41) is 5.62. The van der Waals surface area contributed by atoms with E-state index >= 15 is 0 Å². The Kier molecular flexibility index (Phi) is 6.46. The molecule has 2 aromatic carbocycles. The van der Waals surface area contributed by atoms with E-state index in [1.165, 1.54) is 5.56 Å². The monoisotopic (exact) mass is 377 g/mol. The number of rotatable bonds is 7. The number of carbonyl (C=O) groups is 2. The van der Waals surface area contributed by atoms with Gasteiger partial charge in [-0.15, -0.1) is 0 Å². The number of hydrogen-bond acceptors (Lipinski definition) is 3. The Labute approximate surface area is 164 Å². The maximum atomic E-state index is 12.2. The number of aromatic nitrogens is 1. The lowest BCUT2D eigenvalue weighted by Crippen LogP contribution is -2.29. The quantitative estimate of drug-likeness (QED) is 0.611. The first-order valence-electron chi connectivity index (χ1n) is 9.15. The molecule has 28 heavy (non-hydrogen) atoms. The van der Waals surface area contributed by atoms with E-state index in [2.05, 4.69) is 27.3 Å². The van der Waals surface area contributed by atoms with Gasteiger partial charge in [-0.05, 0) is 48.9 Å². The zero-order valence-electron chi connectivity index (χ0n) is 15.7. The Balaban J connectivity index is 1.52. The van der Waals surface area contributed by atoms with Crippen LogP contribution in [-0.2, 0) is 17.8 Å². The average molecular weight is 377 g/mol. The van der Waals surface area contributed by atoms with Crippen molar-refractivity contribution in [1.29, 1.82) is 0 Å². The SMILES string of the molecule is CCOC(=O)c1ccc(NC(=O)NCc2cccn2Cc2ccccc2)cc1. The van der Waals surface area contributed by atoms with E-state index in [4.69, 9.17) is 4.74 Å². The summed E-state index contributed by atoms with van der Waals surface area (Å²) in [5.41, 5.74) is 3.26. The molecule has 2 amide bonds. The number of esters is 1. The highest BCUT2D eigenvalue weighted by molar-refractivity contribution is 5.92. The number of urea groups is 1. The minimum atomic E-state index is -0.377. The van der Waals surface area contributed by atoms with Crippen LogP contribution in [0.5, 0.6) is 0 Å². The highest BCUT2D eigenvalue weighted by atomic mass is 16.5. The third-order valence-corrected chi connectivity index (χ3v) is 4.20. The van der Waals surface area contributed by atoms with Crippen LogP contribution < -0.4 is 10.6 Å². The van der Waals surface area contributed by atoms with Gasteiger partial charge in [-0.3, -0.25) is 0 Å². The normalized spacial score (nSPS) is 10.3. The first kappa shape index (κ1) is 19.2. The highest BCUT2D eigenvalue weighted by Crippen LogP contribution is 2.11. The predicted octanol–water partition coefficient (Wildman–Crippen LogP) is 4.03. The largest absolute Gasteiger partial charge is 0.462 e. The van der Waals surface area contributed by atoms with Crippen LogP contribution in [0.25, 0.3) is 0 Å². The lowest BCUT2D eigenvalue weighted by atomic mass is 10.2. The maximum Gasteiger partial charge on any atom is 0.338 e. The Morgan fingerprint density at radius 1 is 0.964 bits per heavy atom. The van der Waals surface area contributed by atoms with Gasteiger partial charge in [-0.1, -0.05) is 30.3 Å². The van der Waals surface area contributed by atoms with Gasteiger partial charge in [0.2, 0.25) is 0 Å². The van der Waals surface area contributed by atoms with Gasteiger partial charge in [-0.2, -0.15) is 0 Å². The Bertz CT molecular complexity index is 918. The van der Waals surface area contributed by atoms with Crippen molar-refractivity contribution >= 4 is 17.7 Å². The van der Waals surface area contributed by atoms with Crippen molar-refractivity contribution in [2.45, 2.75) is 20.0 Å². The van der Waals surface area contributed by atoms with Crippen LogP contribution in [0.4, 0.5) is 10.5 Å². The molecule has 3 aromatic rings. The van der Waals surface area contributed by atoms with Crippen LogP contribution in [0.15, 0.2) is 72.9 Å². The molecule has 6 heteroatoms. The summed E-state index contributed by atoms with van der Waals surface area (Å²) in [7, 11) is 0. The summed E-state index contributed by atoms with van der Waals surface area (Å²) in [4.78, 5) is 23.8. The molecule has 0 aliphatic rings. The molecule has 3 rings (SSSR count). The average Bonchev–Trinajstić information content (AvgIpc) is 3.15. The van der Waals surface area contributed by atoms with Crippen LogP contribution in [0.1, 0.15) is 28.5 Å². The van der Waals surface area contributed by atoms with E-state index in [0.717, 1.165) is 12.2 Å². The topological polar surface area (TPSA) is 72.4 Å². The van der Waals surface area contributed by atoms with Gasteiger partial charge in [0.1, 0.15) is 0 Å². The summed E-state index contributed by atoms with van der Waals surface area (Å²) in [6, 6.07) is 20.4. The third kappa shape index (κ3) is 5.23. The fraction of sp³-hybridized carbons (Fsp3) is 0.182. The summed E-state index contributed by atoms with van der Waals surface area (Å²) >= 11 is 0. The minimum absolute atomic E-state index is 0.309. The molecule has 0 aliphatic carbocycles. The first-order valence-corrected chi connectivity index (χ1v) is 9.15. The molecule has 1 aromatic heterocycles. The molecule has 6 nitrogen and oxygen atoms in total. The van der Waals surface area contributed by atoms with Crippen LogP contribution in [0.3, 0.4) is 0 Å². The minimum Gasteiger partial charge on any atom is -0.462 e. The van der Waals surface area contributed by atoms with E-state index in [1.807, 2.05) is 36.5 Å². The maximum absolute atomic E-state index is 12.2. The molecule has 0 bridgehead atoms. The van der Waals surface area contributed by atoms with Gasteiger partial charge in [0.25, 0.3) is 0 Å². The number of amides is 2. The van der Waals surface area contributed by atoms with Crippen molar-refractivity contribution in [2.24, 2.45) is 0 Å². The Morgan fingerprint density at radius 2 is 1.71 bits per heavy atom. The zero-order chi connectivity index (χ0) is 19.8. The second-order valence-corrected chi connectivity index (χ2v) is 6.22. The standard InChI is InChI=1S/C22H23N3O3/c1-2-28-21(26)18-10-12-19(13-11-18)24-22(27)23-15-20-9-6-14-25(20)16-17-7-4-3-5-8-17/h3-14H,2,15-16H2,1H3,(H2,23,24,27). The van der Waals surface area contributed by atoms with Gasteiger partial charge >= 0.3 is 12.0 Å². The van der Waals surface area contributed by atoms with Crippen molar-refractivity contribution in [3.05, 3.63) is 89.7 Å². The van der Waals surface area contributed by atoms with Crippen LogP contribution in [0.2, 0.25) is 0 Å². The first-order chi connectivity index (χ1) is 13.7. The lowest BCUT2D eigenvalue weighted by Gasteiger charge is -2.11. The number of nitrogens with one attached hydrogen (secondary N) is 2. The van der Waals surface area contributed by atoms with E-state index in [9.17, 15) is 9.59 Å². The second-order valence-electron chi connectivity index (χ2n) is 6.22. The van der Waals surface area contributed by atoms with Crippen molar-refractivity contribution in [3.8, 4) is 0 Å².